The molecule has 0 aromatic carbocycles. The lowest BCUT2D eigenvalue weighted by Crippen LogP contribution is -1.83. The lowest BCUT2D eigenvalue weighted by Gasteiger charge is -1.98. The van der Waals surface area contributed by atoms with Crippen LogP contribution in [0.25, 0.3) is 0 Å². The predicted molar refractivity (Wildman–Crippen MR) is 62.7 cm³/mol. The molecule has 0 fully saturated rings. The van der Waals surface area contributed by atoms with E-state index in [1.54, 1.807) is 24.4 Å². The van der Waals surface area contributed by atoms with E-state index < -0.39 is 0 Å². The van der Waals surface area contributed by atoms with E-state index >= 15 is 0 Å². The average Bonchev–Trinajstić information content (AvgIpc) is 2.21. The fourth-order valence-electron chi connectivity index (χ4n) is 0.836. The molecular formula is C12H17NO. The lowest BCUT2D eigenvalue weighted by atomic mass is 10.1. The van der Waals surface area contributed by atoms with Gasteiger partial charge in [-0.05, 0) is 24.1 Å². The number of aliphatic hydroxyl groups excluding tert-OH is 1. The van der Waals surface area contributed by atoms with Crippen molar-refractivity contribution in [3.63, 3.8) is 0 Å². The maximum Gasteiger partial charge on any atom is 0.0615 e. The fraction of sp³-hybridized carbons (Fsp3) is 0.250. The van der Waals surface area contributed by atoms with Crippen LogP contribution in [0.2, 0.25) is 0 Å². The normalized spacial score (nSPS) is 12.6. The number of rotatable bonds is 6. The smallest absolute Gasteiger partial charge is 0.0615 e. The van der Waals surface area contributed by atoms with Crippen LogP contribution in [0.3, 0.4) is 0 Å². The zero-order valence-electron chi connectivity index (χ0n) is 8.61. The van der Waals surface area contributed by atoms with Gasteiger partial charge < -0.3 is 5.11 Å². The van der Waals surface area contributed by atoms with Crippen molar-refractivity contribution in [2.75, 3.05) is 13.2 Å². The number of hydrogen-bond acceptors (Lipinski definition) is 2. The molecule has 0 saturated carbocycles. The molecule has 14 heavy (non-hydrogen) atoms. The molecule has 0 aliphatic carbocycles. The quantitative estimate of drug-likeness (QED) is 0.507. The van der Waals surface area contributed by atoms with E-state index in [2.05, 4.69) is 18.2 Å². The summed E-state index contributed by atoms with van der Waals surface area (Å²) in [5.41, 5.74) is 1.73. The average molecular weight is 191 g/mol. The highest BCUT2D eigenvalue weighted by atomic mass is 16.2. The molecule has 0 aromatic heterocycles. The van der Waals surface area contributed by atoms with Crippen molar-refractivity contribution in [2.24, 2.45) is 4.99 Å². The summed E-state index contributed by atoms with van der Waals surface area (Å²) in [5, 5.41) is 8.58. The largest absolute Gasteiger partial charge is 0.392 e. The SMILES string of the molecule is C=C/C(=C\C=NCC)C(=C)/C=C\CO. The van der Waals surface area contributed by atoms with Gasteiger partial charge in [0.15, 0.2) is 0 Å². The molecule has 0 rings (SSSR count). The van der Waals surface area contributed by atoms with Crippen LogP contribution in [0, 0.1) is 0 Å². The Balaban J connectivity index is 4.47. The fourth-order valence-corrected chi connectivity index (χ4v) is 0.836. The maximum absolute atomic E-state index is 8.58. The third kappa shape index (κ3) is 5.27. The van der Waals surface area contributed by atoms with Crippen molar-refractivity contribution < 1.29 is 5.11 Å². The summed E-state index contributed by atoms with van der Waals surface area (Å²) >= 11 is 0. The molecule has 0 spiro atoms. The van der Waals surface area contributed by atoms with Gasteiger partial charge >= 0.3 is 0 Å². The van der Waals surface area contributed by atoms with Gasteiger partial charge in [0.2, 0.25) is 0 Å². The Kier molecular flexibility index (Phi) is 7.37. The highest BCUT2D eigenvalue weighted by Crippen LogP contribution is 2.09. The molecule has 2 heteroatoms. The van der Waals surface area contributed by atoms with Crippen LogP contribution in [-0.2, 0) is 0 Å². The van der Waals surface area contributed by atoms with Crippen LogP contribution >= 0.6 is 0 Å². The summed E-state index contributed by atoms with van der Waals surface area (Å²) in [6.07, 6.45) is 8.69. The molecule has 0 radical (unpaired) electrons. The number of allylic oxidation sites excluding steroid dienone is 5. The van der Waals surface area contributed by atoms with Gasteiger partial charge in [-0.25, -0.2) is 0 Å². The standard InChI is InChI=1S/C12H17NO/c1-4-12(8-9-13-5-2)11(3)7-6-10-14/h4,6-9,14H,1,3,5,10H2,2H3/b7-6-,12-8+,13-9?. The van der Waals surface area contributed by atoms with Crippen molar-refractivity contribution in [2.45, 2.75) is 6.92 Å². The first-order valence-electron chi connectivity index (χ1n) is 4.55. The van der Waals surface area contributed by atoms with Gasteiger partial charge in [0.05, 0.1) is 6.61 Å². The minimum absolute atomic E-state index is 0.0203. The third-order valence-electron chi connectivity index (χ3n) is 1.56. The predicted octanol–water partition coefficient (Wildman–Crippen LogP) is 2.29. The second-order valence-corrected chi connectivity index (χ2v) is 2.58. The second-order valence-electron chi connectivity index (χ2n) is 2.58. The topological polar surface area (TPSA) is 32.6 Å². The number of aliphatic hydroxyl groups is 1. The van der Waals surface area contributed by atoms with Crippen molar-refractivity contribution in [1.29, 1.82) is 0 Å². The minimum atomic E-state index is 0.0203. The van der Waals surface area contributed by atoms with Crippen molar-refractivity contribution in [3.05, 3.63) is 48.6 Å². The van der Waals surface area contributed by atoms with E-state index in [0.29, 0.717) is 0 Å². The molecule has 0 bridgehead atoms. The molecule has 0 unspecified atom stereocenters. The summed E-state index contributed by atoms with van der Waals surface area (Å²) in [6.45, 7) is 10.3. The van der Waals surface area contributed by atoms with Crippen LogP contribution in [0.5, 0.6) is 0 Å². The Labute approximate surface area is 85.7 Å². The summed E-state index contributed by atoms with van der Waals surface area (Å²) in [7, 11) is 0. The zero-order chi connectivity index (χ0) is 10.8. The number of aliphatic imine (C=N–C) groups is 1. The molecule has 0 heterocycles. The number of nitrogens with zero attached hydrogens (tertiary/aromatic N) is 1. The molecule has 0 amide bonds. The zero-order valence-corrected chi connectivity index (χ0v) is 8.61. The number of hydrogen-bond donors (Lipinski definition) is 1. The second kappa shape index (κ2) is 8.20. The Hall–Kier alpha value is -1.41. The monoisotopic (exact) mass is 191 g/mol. The van der Waals surface area contributed by atoms with Gasteiger partial charge in [0, 0.05) is 12.8 Å². The van der Waals surface area contributed by atoms with Crippen LogP contribution < -0.4 is 0 Å². The third-order valence-corrected chi connectivity index (χ3v) is 1.56. The van der Waals surface area contributed by atoms with Crippen molar-refractivity contribution in [1.82, 2.24) is 0 Å². The Morgan fingerprint density at radius 3 is 2.71 bits per heavy atom. The van der Waals surface area contributed by atoms with Crippen LogP contribution in [-0.4, -0.2) is 24.5 Å². The maximum atomic E-state index is 8.58. The summed E-state index contributed by atoms with van der Waals surface area (Å²) in [6, 6.07) is 0. The first-order valence-corrected chi connectivity index (χ1v) is 4.55. The molecule has 0 atom stereocenters. The first kappa shape index (κ1) is 12.6. The van der Waals surface area contributed by atoms with E-state index in [9.17, 15) is 0 Å². The van der Waals surface area contributed by atoms with Crippen molar-refractivity contribution >= 4 is 6.21 Å². The minimum Gasteiger partial charge on any atom is -0.392 e. The van der Waals surface area contributed by atoms with E-state index in [0.717, 1.165) is 17.7 Å². The van der Waals surface area contributed by atoms with Gasteiger partial charge in [-0.3, -0.25) is 4.99 Å². The van der Waals surface area contributed by atoms with Gasteiger partial charge in [-0.15, -0.1) is 0 Å². The Morgan fingerprint density at radius 2 is 2.21 bits per heavy atom. The molecule has 0 saturated heterocycles. The summed E-state index contributed by atoms with van der Waals surface area (Å²) in [5.74, 6) is 0. The van der Waals surface area contributed by atoms with E-state index in [4.69, 9.17) is 5.11 Å². The first-order chi connectivity index (χ1) is 6.76. The summed E-state index contributed by atoms with van der Waals surface area (Å²) in [4.78, 5) is 4.06. The molecule has 0 aliphatic rings. The molecule has 76 valence electrons. The Bertz CT molecular complexity index is 272. The highest BCUT2D eigenvalue weighted by molar-refractivity contribution is 5.75. The molecule has 0 aliphatic heterocycles. The summed E-state index contributed by atoms with van der Waals surface area (Å²) < 4.78 is 0. The van der Waals surface area contributed by atoms with Gasteiger partial charge in [0.1, 0.15) is 0 Å². The van der Waals surface area contributed by atoms with Crippen molar-refractivity contribution in [3.8, 4) is 0 Å². The molecular weight excluding hydrogens is 174 g/mol. The van der Waals surface area contributed by atoms with E-state index in [-0.39, 0.29) is 6.61 Å². The highest BCUT2D eigenvalue weighted by Gasteiger charge is 1.91. The van der Waals surface area contributed by atoms with E-state index in [1.807, 2.05) is 13.0 Å². The molecule has 0 aromatic rings. The lowest BCUT2D eigenvalue weighted by molar-refractivity contribution is 0.342. The van der Waals surface area contributed by atoms with Crippen LogP contribution in [0.4, 0.5) is 0 Å². The molecule has 1 N–H and O–H groups in total. The Morgan fingerprint density at radius 1 is 1.50 bits per heavy atom. The van der Waals surface area contributed by atoms with Crippen LogP contribution in [0.1, 0.15) is 6.92 Å². The van der Waals surface area contributed by atoms with E-state index in [1.165, 1.54) is 0 Å². The van der Waals surface area contributed by atoms with Gasteiger partial charge in [-0.1, -0.05) is 31.4 Å². The molecule has 2 nitrogen and oxygen atoms in total. The van der Waals surface area contributed by atoms with Gasteiger partial charge in [-0.2, -0.15) is 0 Å². The van der Waals surface area contributed by atoms with Gasteiger partial charge in [0.25, 0.3) is 0 Å². The van der Waals surface area contributed by atoms with Crippen LogP contribution in [0.15, 0.2) is 53.6 Å².